The number of piperidine rings is 1. The van der Waals surface area contributed by atoms with E-state index in [4.69, 9.17) is 14.2 Å². The van der Waals surface area contributed by atoms with Gasteiger partial charge in [-0.25, -0.2) is 9.59 Å². The SMILES string of the molecule is Cc1cc(Oc2ccnc3cc(OCCC4CCN(C(=O)OC(C)(C)C)CC4)c(C#N)cc23)ccc1NC(=O)NC1CC1. The molecular formula is C33H39N5O5. The summed E-state index contributed by atoms with van der Waals surface area (Å²) in [5.41, 5.74) is 2.14. The summed E-state index contributed by atoms with van der Waals surface area (Å²) in [5, 5.41) is 16.4. The summed E-state index contributed by atoms with van der Waals surface area (Å²) in [6, 6.07) is 13.1. The number of carbonyl (C=O) groups is 2. The van der Waals surface area contributed by atoms with Crippen LogP contribution in [0.1, 0.15) is 64.0 Å². The minimum atomic E-state index is -0.501. The Hall–Kier alpha value is -4.52. The summed E-state index contributed by atoms with van der Waals surface area (Å²) < 4.78 is 17.8. The molecule has 1 aliphatic carbocycles. The molecule has 43 heavy (non-hydrogen) atoms. The number of anilines is 1. The van der Waals surface area contributed by atoms with E-state index < -0.39 is 5.60 Å². The fourth-order valence-electron chi connectivity index (χ4n) is 5.05. The van der Waals surface area contributed by atoms with Gasteiger partial charge >= 0.3 is 12.1 Å². The van der Waals surface area contributed by atoms with Crippen LogP contribution >= 0.6 is 0 Å². The van der Waals surface area contributed by atoms with Crippen LogP contribution in [0.3, 0.4) is 0 Å². The molecule has 2 N–H and O–H groups in total. The molecule has 2 fully saturated rings. The van der Waals surface area contributed by atoms with Crippen molar-refractivity contribution in [2.24, 2.45) is 5.92 Å². The topological polar surface area (TPSA) is 126 Å². The number of urea groups is 1. The third kappa shape index (κ3) is 8.07. The average molecular weight is 586 g/mol. The van der Waals surface area contributed by atoms with Gasteiger partial charge in [-0.05, 0) is 102 Å². The molecule has 1 saturated carbocycles. The van der Waals surface area contributed by atoms with Gasteiger partial charge in [0.2, 0.25) is 0 Å². The first-order valence-electron chi connectivity index (χ1n) is 14.9. The van der Waals surface area contributed by atoms with Gasteiger partial charge in [-0.1, -0.05) is 0 Å². The van der Waals surface area contributed by atoms with Crippen molar-refractivity contribution in [1.82, 2.24) is 15.2 Å². The van der Waals surface area contributed by atoms with Crippen molar-refractivity contribution in [2.75, 3.05) is 25.0 Å². The second-order valence-corrected chi connectivity index (χ2v) is 12.3. The molecule has 1 aromatic heterocycles. The number of aromatic nitrogens is 1. The Bertz CT molecular complexity index is 1530. The first kappa shape index (κ1) is 30.0. The Labute approximate surface area is 252 Å². The molecule has 3 amide bonds. The Kier molecular flexibility index (Phi) is 8.90. The van der Waals surface area contributed by atoms with Gasteiger partial charge in [0.05, 0.1) is 17.7 Å². The maximum Gasteiger partial charge on any atom is 0.410 e. The quantitative estimate of drug-likeness (QED) is 0.294. The van der Waals surface area contributed by atoms with E-state index in [1.165, 1.54) is 0 Å². The number of benzene rings is 2. The lowest BCUT2D eigenvalue weighted by Gasteiger charge is -2.33. The number of amides is 3. The summed E-state index contributed by atoms with van der Waals surface area (Å²) in [6.07, 6.45) is 6.06. The molecule has 0 unspecified atom stereocenters. The molecule has 0 spiro atoms. The van der Waals surface area contributed by atoms with Gasteiger partial charge in [-0.15, -0.1) is 0 Å². The van der Waals surface area contributed by atoms with Crippen LogP contribution in [0.4, 0.5) is 15.3 Å². The van der Waals surface area contributed by atoms with Gasteiger partial charge in [-0.2, -0.15) is 5.26 Å². The van der Waals surface area contributed by atoms with Gasteiger partial charge in [0, 0.05) is 42.5 Å². The van der Waals surface area contributed by atoms with Crippen LogP contribution in [-0.4, -0.2) is 53.3 Å². The number of ether oxygens (including phenoxy) is 3. The molecule has 2 heterocycles. The predicted molar refractivity (Wildman–Crippen MR) is 164 cm³/mol. The number of nitriles is 1. The van der Waals surface area contributed by atoms with Crippen molar-refractivity contribution in [3.05, 3.63) is 53.7 Å². The Balaban J connectivity index is 1.19. The third-order valence-corrected chi connectivity index (χ3v) is 7.56. The molecule has 2 aromatic carbocycles. The van der Waals surface area contributed by atoms with Crippen LogP contribution in [-0.2, 0) is 4.74 Å². The van der Waals surface area contributed by atoms with Crippen molar-refractivity contribution >= 4 is 28.7 Å². The smallest absolute Gasteiger partial charge is 0.410 e. The van der Waals surface area contributed by atoms with Crippen LogP contribution in [0, 0.1) is 24.2 Å². The van der Waals surface area contributed by atoms with Crippen LogP contribution in [0.25, 0.3) is 10.9 Å². The van der Waals surface area contributed by atoms with Crippen molar-refractivity contribution in [1.29, 1.82) is 5.26 Å². The van der Waals surface area contributed by atoms with Gasteiger partial charge in [0.25, 0.3) is 0 Å². The zero-order chi connectivity index (χ0) is 30.6. The molecule has 2 aliphatic rings. The molecule has 1 aliphatic heterocycles. The number of likely N-dealkylation sites (tertiary alicyclic amines) is 1. The molecular weight excluding hydrogens is 546 g/mol. The van der Waals surface area contributed by atoms with Crippen LogP contribution in [0.5, 0.6) is 17.2 Å². The molecule has 0 atom stereocenters. The number of fused-ring (bicyclic) bond motifs is 1. The monoisotopic (exact) mass is 585 g/mol. The maximum atomic E-state index is 12.3. The zero-order valence-corrected chi connectivity index (χ0v) is 25.2. The number of aryl methyl sites for hydroxylation is 1. The van der Waals surface area contributed by atoms with Crippen molar-refractivity contribution < 1.29 is 23.8 Å². The lowest BCUT2D eigenvalue weighted by Crippen LogP contribution is -2.41. The largest absolute Gasteiger partial charge is 0.492 e. The average Bonchev–Trinajstić information content (AvgIpc) is 3.77. The molecule has 226 valence electrons. The second kappa shape index (κ2) is 12.8. The van der Waals surface area contributed by atoms with Crippen LogP contribution in [0.15, 0.2) is 42.6 Å². The third-order valence-electron chi connectivity index (χ3n) is 7.56. The van der Waals surface area contributed by atoms with Crippen molar-refractivity contribution in [3.63, 3.8) is 0 Å². The van der Waals surface area contributed by atoms with E-state index >= 15 is 0 Å². The van der Waals surface area contributed by atoms with E-state index in [0.717, 1.165) is 37.7 Å². The van der Waals surface area contributed by atoms with Gasteiger partial charge in [0.15, 0.2) is 0 Å². The van der Waals surface area contributed by atoms with E-state index in [-0.39, 0.29) is 18.2 Å². The number of hydrogen-bond donors (Lipinski definition) is 2. The zero-order valence-electron chi connectivity index (χ0n) is 25.2. The summed E-state index contributed by atoms with van der Waals surface area (Å²) >= 11 is 0. The highest BCUT2D eigenvalue weighted by Crippen LogP contribution is 2.34. The van der Waals surface area contributed by atoms with Crippen LogP contribution in [0.2, 0.25) is 0 Å². The Morgan fingerprint density at radius 1 is 1.07 bits per heavy atom. The first-order chi connectivity index (χ1) is 20.6. The minimum Gasteiger partial charge on any atom is -0.492 e. The predicted octanol–water partition coefficient (Wildman–Crippen LogP) is 6.91. The number of carbonyl (C=O) groups excluding carboxylic acids is 2. The van der Waals surface area contributed by atoms with E-state index in [1.54, 1.807) is 35.4 Å². The Morgan fingerprint density at radius 2 is 1.84 bits per heavy atom. The van der Waals surface area contributed by atoms with E-state index in [1.807, 2.05) is 39.8 Å². The maximum absolute atomic E-state index is 12.3. The fraction of sp³-hybridized carbons (Fsp3) is 0.455. The molecule has 10 nitrogen and oxygen atoms in total. The number of hydrogen-bond acceptors (Lipinski definition) is 7. The van der Waals surface area contributed by atoms with Gasteiger partial charge in [-0.3, -0.25) is 4.98 Å². The minimum absolute atomic E-state index is 0.204. The normalized spacial score (nSPS) is 15.5. The number of nitrogens with one attached hydrogen (secondary N) is 2. The van der Waals surface area contributed by atoms with E-state index in [2.05, 4.69) is 21.7 Å². The number of pyridine rings is 1. The van der Waals surface area contributed by atoms with E-state index in [9.17, 15) is 14.9 Å². The number of rotatable bonds is 8. The summed E-state index contributed by atoms with van der Waals surface area (Å²) in [6.45, 7) is 9.33. The highest BCUT2D eigenvalue weighted by atomic mass is 16.6. The van der Waals surface area contributed by atoms with E-state index in [0.29, 0.717) is 65.0 Å². The number of nitrogens with zero attached hydrogens (tertiary/aromatic N) is 3. The summed E-state index contributed by atoms with van der Waals surface area (Å²) in [7, 11) is 0. The fourth-order valence-corrected chi connectivity index (χ4v) is 5.05. The lowest BCUT2D eigenvalue weighted by molar-refractivity contribution is 0.0177. The van der Waals surface area contributed by atoms with Gasteiger partial charge < -0.3 is 29.7 Å². The summed E-state index contributed by atoms with van der Waals surface area (Å²) in [4.78, 5) is 30.7. The molecule has 3 aromatic rings. The molecule has 10 heteroatoms. The van der Waals surface area contributed by atoms with Crippen molar-refractivity contribution in [3.8, 4) is 23.3 Å². The molecule has 0 radical (unpaired) electrons. The lowest BCUT2D eigenvalue weighted by atomic mass is 9.94. The van der Waals surface area contributed by atoms with Crippen LogP contribution < -0.4 is 20.1 Å². The first-order valence-corrected chi connectivity index (χ1v) is 14.9. The molecule has 0 bridgehead atoms. The van der Waals surface area contributed by atoms with Crippen molar-refractivity contribution in [2.45, 2.75) is 71.4 Å². The van der Waals surface area contributed by atoms with Gasteiger partial charge in [0.1, 0.15) is 28.9 Å². The molecule has 5 rings (SSSR count). The highest BCUT2D eigenvalue weighted by Gasteiger charge is 2.27. The Morgan fingerprint density at radius 3 is 2.51 bits per heavy atom. The highest BCUT2D eigenvalue weighted by molar-refractivity contribution is 5.91. The second-order valence-electron chi connectivity index (χ2n) is 12.3. The summed E-state index contributed by atoms with van der Waals surface area (Å²) in [5.74, 6) is 2.09. The molecule has 1 saturated heterocycles. The standard InChI is InChI=1S/C33H39N5O5/c1-21-17-25(7-8-27(21)37-31(39)36-24-5-6-24)42-29-9-13-35-28-19-30(23(20-34)18-26(28)29)41-16-12-22-10-14-38(15-11-22)32(40)43-33(2,3)4/h7-9,13,17-19,22,24H,5-6,10-12,14-16H2,1-4H3,(H2,36,37,39).